The van der Waals surface area contributed by atoms with Gasteiger partial charge in [-0.15, -0.1) is 0 Å². The maximum atomic E-state index is 12.1. The third-order valence-electron chi connectivity index (χ3n) is 4.19. The fourth-order valence-electron chi connectivity index (χ4n) is 2.85. The van der Waals surface area contributed by atoms with Crippen molar-refractivity contribution in [3.05, 3.63) is 29.8 Å². The highest BCUT2D eigenvalue weighted by molar-refractivity contribution is 5.91. The minimum atomic E-state index is -0.837. The lowest BCUT2D eigenvalue weighted by Crippen LogP contribution is -2.30. The van der Waals surface area contributed by atoms with Gasteiger partial charge in [-0.2, -0.15) is 0 Å². The summed E-state index contributed by atoms with van der Waals surface area (Å²) in [6.45, 7) is 2.02. The van der Waals surface area contributed by atoms with Gasteiger partial charge in [-0.1, -0.05) is 25.0 Å². The van der Waals surface area contributed by atoms with Gasteiger partial charge >= 0.3 is 0 Å². The van der Waals surface area contributed by atoms with Crippen molar-refractivity contribution in [2.24, 2.45) is 0 Å². The summed E-state index contributed by atoms with van der Waals surface area (Å²) in [5.41, 5.74) is 0.812. The molecule has 1 aromatic carbocycles. The Bertz CT molecular complexity index is 551. The minimum Gasteiger partial charge on any atom is -0.389 e. The van der Waals surface area contributed by atoms with Gasteiger partial charge in [0, 0.05) is 26.2 Å². The summed E-state index contributed by atoms with van der Waals surface area (Å²) < 4.78 is 0. The van der Waals surface area contributed by atoms with Gasteiger partial charge in [0.25, 0.3) is 0 Å². The van der Waals surface area contributed by atoms with E-state index < -0.39 is 5.60 Å². The number of hydrogen-bond acceptors (Lipinski definition) is 3. The van der Waals surface area contributed by atoms with Crippen molar-refractivity contribution in [1.82, 2.24) is 4.90 Å². The topological polar surface area (TPSA) is 69.6 Å². The first-order valence-corrected chi connectivity index (χ1v) is 7.71. The zero-order valence-electron chi connectivity index (χ0n) is 13.3. The second kappa shape index (κ2) is 6.92. The number of anilines is 1. The molecule has 1 aliphatic rings. The van der Waals surface area contributed by atoms with Crippen LogP contribution in [0.15, 0.2) is 24.3 Å². The molecule has 2 N–H and O–H groups in total. The zero-order valence-corrected chi connectivity index (χ0v) is 13.3. The van der Waals surface area contributed by atoms with Gasteiger partial charge in [0.2, 0.25) is 11.8 Å². The number of nitrogens with one attached hydrogen (secondary N) is 1. The average molecular weight is 304 g/mol. The molecular formula is C17H24N2O3. The Balaban J connectivity index is 1.95. The Morgan fingerprint density at radius 1 is 1.32 bits per heavy atom. The maximum absolute atomic E-state index is 12.1. The van der Waals surface area contributed by atoms with Crippen LogP contribution in [0.3, 0.4) is 0 Å². The molecule has 1 aliphatic carbocycles. The van der Waals surface area contributed by atoms with Crippen LogP contribution in [0.5, 0.6) is 0 Å². The molecule has 0 bridgehead atoms. The van der Waals surface area contributed by atoms with Crippen molar-refractivity contribution in [3.8, 4) is 0 Å². The molecule has 2 amide bonds. The lowest BCUT2D eigenvalue weighted by Gasteiger charge is -2.21. The highest BCUT2D eigenvalue weighted by atomic mass is 16.3. The van der Waals surface area contributed by atoms with E-state index in [1.165, 1.54) is 6.92 Å². The quantitative estimate of drug-likeness (QED) is 0.877. The molecule has 120 valence electrons. The van der Waals surface area contributed by atoms with Crippen LogP contribution in [0, 0.1) is 0 Å². The van der Waals surface area contributed by atoms with E-state index in [0.29, 0.717) is 25.1 Å². The smallest absolute Gasteiger partial charge is 0.227 e. The van der Waals surface area contributed by atoms with E-state index in [0.717, 1.165) is 18.4 Å². The molecule has 22 heavy (non-hydrogen) atoms. The van der Waals surface area contributed by atoms with E-state index in [4.69, 9.17) is 0 Å². The first kappa shape index (κ1) is 16.5. The summed E-state index contributed by atoms with van der Waals surface area (Å²) >= 11 is 0. The van der Waals surface area contributed by atoms with E-state index in [1.54, 1.807) is 11.9 Å². The second-order valence-corrected chi connectivity index (χ2v) is 6.23. The van der Waals surface area contributed by atoms with E-state index in [2.05, 4.69) is 5.32 Å². The molecule has 1 saturated carbocycles. The third kappa shape index (κ3) is 4.56. The van der Waals surface area contributed by atoms with Crippen LogP contribution in [0.1, 0.15) is 44.6 Å². The van der Waals surface area contributed by atoms with Gasteiger partial charge in [0.15, 0.2) is 0 Å². The number of carbonyl (C=O) groups excluding carboxylic acids is 2. The summed E-state index contributed by atoms with van der Waals surface area (Å²) in [4.78, 5) is 25.0. The number of amides is 2. The average Bonchev–Trinajstić information content (AvgIpc) is 2.85. The van der Waals surface area contributed by atoms with Crippen LogP contribution in [-0.2, 0) is 16.1 Å². The number of rotatable bonds is 5. The van der Waals surface area contributed by atoms with Crippen LogP contribution < -0.4 is 5.32 Å². The molecule has 0 saturated heterocycles. The molecule has 0 radical (unpaired) electrons. The molecule has 0 aliphatic heterocycles. The van der Waals surface area contributed by atoms with Gasteiger partial charge in [-0.25, -0.2) is 0 Å². The summed E-state index contributed by atoms with van der Waals surface area (Å²) in [7, 11) is 1.74. The normalized spacial score (nSPS) is 16.3. The Morgan fingerprint density at radius 3 is 2.64 bits per heavy atom. The maximum Gasteiger partial charge on any atom is 0.227 e. The zero-order chi connectivity index (χ0) is 16.2. The van der Waals surface area contributed by atoms with Gasteiger partial charge in [-0.3, -0.25) is 9.59 Å². The Labute approximate surface area is 131 Å². The van der Waals surface area contributed by atoms with Crippen LogP contribution >= 0.6 is 0 Å². The number of aliphatic hydroxyl groups is 1. The molecular weight excluding hydrogens is 280 g/mol. The Kier molecular flexibility index (Phi) is 5.19. The van der Waals surface area contributed by atoms with Crippen LogP contribution in [0.25, 0.3) is 0 Å². The lowest BCUT2D eigenvalue weighted by molar-refractivity contribution is -0.128. The SMILES string of the molecule is CC(=O)N(C)Cc1cccc(NC(=O)CC2(O)CCCC2)c1. The number of hydrogen-bond donors (Lipinski definition) is 2. The monoisotopic (exact) mass is 304 g/mol. The van der Waals surface area contributed by atoms with Crippen molar-refractivity contribution in [1.29, 1.82) is 0 Å². The molecule has 1 fully saturated rings. The molecule has 2 rings (SSSR count). The van der Waals surface area contributed by atoms with Crippen molar-refractivity contribution >= 4 is 17.5 Å². The summed E-state index contributed by atoms with van der Waals surface area (Å²) in [5.74, 6) is -0.167. The highest BCUT2D eigenvalue weighted by Crippen LogP contribution is 2.32. The summed E-state index contributed by atoms with van der Waals surface area (Å²) in [5, 5.41) is 13.1. The first-order valence-electron chi connectivity index (χ1n) is 7.71. The Morgan fingerprint density at radius 2 is 2.00 bits per heavy atom. The van der Waals surface area contributed by atoms with Crippen molar-refractivity contribution in [2.45, 2.75) is 51.2 Å². The minimum absolute atomic E-state index is 0.00195. The molecule has 5 nitrogen and oxygen atoms in total. The van der Waals surface area contributed by atoms with E-state index in [9.17, 15) is 14.7 Å². The van der Waals surface area contributed by atoms with Crippen molar-refractivity contribution in [3.63, 3.8) is 0 Å². The van der Waals surface area contributed by atoms with E-state index >= 15 is 0 Å². The predicted octanol–water partition coefficient (Wildman–Crippen LogP) is 2.30. The lowest BCUT2D eigenvalue weighted by atomic mass is 9.97. The fourth-order valence-corrected chi connectivity index (χ4v) is 2.85. The number of carbonyl (C=O) groups is 2. The molecule has 0 atom stereocenters. The first-order chi connectivity index (χ1) is 10.4. The van der Waals surface area contributed by atoms with Crippen LogP contribution in [0.2, 0.25) is 0 Å². The Hall–Kier alpha value is -1.88. The molecule has 0 aromatic heterocycles. The molecule has 1 aromatic rings. The standard InChI is InChI=1S/C17H24N2O3/c1-13(20)19(2)12-14-6-5-7-15(10-14)18-16(21)11-17(22)8-3-4-9-17/h5-7,10,22H,3-4,8-9,11-12H2,1-2H3,(H,18,21). The van der Waals surface area contributed by atoms with Gasteiger partial charge < -0.3 is 15.3 Å². The van der Waals surface area contributed by atoms with Gasteiger partial charge in [-0.05, 0) is 30.5 Å². The molecule has 0 spiro atoms. The van der Waals surface area contributed by atoms with E-state index in [-0.39, 0.29) is 18.2 Å². The van der Waals surface area contributed by atoms with E-state index in [1.807, 2.05) is 24.3 Å². The fraction of sp³-hybridized carbons (Fsp3) is 0.529. The second-order valence-electron chi connectivity index (χ2n) is 6.23. The van der Waals surface area contributed by atoms with Crippen LogP contribution in [-0.4, -0.2) is 34.5 Å². The van der Waals surface area contributed by atoms with Gasteiger partial charge in [0.1, 0.15) is 0 Å². The van der Waals surface area contributed by atoms with Crippen molar-refractivity contribution < 1.29 is 14.7 Å². The summed E-state index contributed by atoms with van der Waals surface area (Å²) in [6.07, 6.45) is 3.51. The predicted molar refractivity (Wildman–Crippen MR) is 85.3 cm³/mol. The number of benzene rings is 1. The highest BCUT2D eigenvalue weighted by Gasteiger charge is 2.33. The summed E-state index contributed by atoms with van der Waals surface area (Å²) in [6, 6.07) is 7.44. The molecule has 0 heterocycles. The molecule has 5 heteroatoms. The van der Waals surface area contributed by atoms with Gasteiger partial charge in [0.05, 0.1) is 12.0 Å². The molecule has 0 unspecified atom stereocenters. The third-order valence-corrected chi connectivity index (χ3v) is 4.19. The van der Waals surface area contributed by atoms with Crippen LogP contribution in [0.4, 0.5) is 5.69 Å². The van der Waals surface area contributed by atoms with Crippen molar-refractivity contribution in [2.75, 3.05) is 12.4 Å². The number of nitrogens with zero attached hydrogens (tertiary/aromatic N) is 1. The largest absolute Gasteiger partial charge is 0.389 e.